The minimum absolute atomic E-state index is 0.0490. The lowest BCUT2D eigenvalue weighted by Crippen LogP contribution is -2.26. The van der Waals surface area contributed by atoms with Crippen molar-refractivity contribution in [2.24, 2.45) is 0 Å². The molecule has 1 aromatic heterocycles. The van der Waals surface area contributed by atoms with Crippen LogP contribution in [-0.2, 0) is 9.53 Å². The van der Waals surface area contributed by atoms with Crippen molar-refractivity contribution in [3.8, 4) is 17.6 Å². The Kier molecular flexibility index (Phi) is 5.70. The molecule has 2 rings (SSSR count). The third kappa shape index (κ3) is 4.79. The summed E-state index contributed by atoms with van der Waals surface area (Å²) in [5.41, 5.74) is 0. The van der Waals surface area contributed by atoms with Gasteiger partial charge in [0.1, 0.15) is 11.6 Å². The van der Waals surface area contributed by atoms with Crippen LogP contribution in [0.4, 0.5) is 4.39 Å². The zero-order valence-electron chi connectivity index (χ0n) is 12.5. The van der Waals surface area contributed by atoms with E-state index in [1.807, 2.05) is 0 Å². The zero-order valence-corrected chi connectivity index (χ0v) is 13.2. The highest BCUT2D eigenvalue weighted by molar-refractivity contribution is 6.32. The fourth-order valence-corrected chi connectivity index (χ4v) is 1.79. The summed E-state index contributed by atoms with van der Waals surface area (Å²) in [6.07, 6.45) is 0.569. The van der Waals surface area contributed by atoms with Gasteiger partial charge in [0.05, 0.1) is 11.6 Å². The molecule has 0 N–H and O–H groups in total. The van der Waals surface area contributed by atoms with Gasteiger partial charge in [-0.2, -0.15) is 4.98 Å². The van der Waals surface area contributed by atoms with E-state index in [1.54, 1.807) is 6.92 Å². The lowest BCUT2D eigenvalue weighted by Gasteiger charge is -2.13. The number of carbonyl (C=O) groups excluding carboxylic acids is 1. The number of hydrogen-bond acceptors (Lipinski definition) is 6. The van der Waals surface area contributed by atoms with Crippen LogP contribution in [0.3, 0.4) is 0 Å². The van der Waals surface area contributed by atoms with Crippen LogP contribution in [0.5, 0.6) is 17.6 Å². The molecule has 6 nitrogen and oxygen atoms in total. The maximum Gasteiger partial charge on any atom is 0.347 e. The van der Waals surface area contributed by atoms with Crippen LogP contribution in [-0.4, -0.2) is 28.6 Å². The molecule has 23 heavy (non-hydrogen) atoms. The fourth-order valence-electron chi connectivity index (χ4n) is 1.59. The molecule has 0 aliphatic heterocycles. The zero-order chi connectivity index (χ0) is 16.8. The number of esters is 1. The lowest BCUT2D eigenvalue weighted by atomic mass is 10.3. The first-order chi connectivity index (χ1) is 11.0. The van der Waals surface area contributed by atoms with Gasteiger partial charge < -0.3 is 14.2 Å². The Bertz CT molecular complexity index is 699. The molecule has 0 radical (unpaired) electrons. The van der Waals surface area contributed by atoms with Crippen LogP contribution in [0.25, 0.3) is 0 Å². The highest BCUT2D eigenvalue weighted by atomic mass is 35.5. The van der Waals surface area contributed by atoms with Crippen molar-refractivity contribution in [3.63, 3.8) is 0 Å². The second kappa shape index (κ2) is 7.73. The predicted molar refractivity (Wildman–Crippen MR) is 80.2 cm³/mol. The molecular formula is C15H14ClFN2O4. The third-order valence-corrected chi connectivity index (χ3v) is 2.91. The Hall–Kier alpha value is -2.41. The van der Waals surface area contributed by atoms with Gasteiger partial charge in [-0.3, -0.25) is 0 Å². The van der Waals surface area contributed by atoms with E-state index in [9.17, 15) is 9.18 Å². The molecule has 0 fully saturated rings. The van der Waals surface area contributed by atoms with Crippen LogP contribution >= 0.6 is 11.6 Å². The van der Waals surface area contributed by atoms with E-state index < -0.39 is 17.9 Å². The van der Waals surface area contributed by atoms with Gasteiger partial charge in [-0.15, -0.1) is 0 Å². The average molecular weight is 341 g/mol. The standard InChI is InChI=1S/C15H14ClFN2O4/c1-3-21-14(20)9(2)22-13-6-7-18-15(19-13)23-12-5-4-10(17)8-11(12)16/h4-9H,3H2,1-2H3. The van der Waals surface area contributed by atoms with E-state index in [0.29, 0.717) is 0 Å². The van der Waals surface area contributed by atoms with Crippen LogP contribution in [0.1, 0.15) is 13.8 Å². The van der Waals surface area contributed by atoms with Gasteiger partial charge in [0.25, 0.3) is 0 Å². The van der Waals surface area contributed by atoms with Gasteiger partial charge in [-0.1, -0.05) is 11.6 Å². The van der Waals surface area contributed by atoms with Gasteiger partial charge in [0.2, 0.25) is 5.88 Å². The highest BCUT2D eigenvalue weighted by Gasteiger charge is 2.17. The summed E-state index contributed by atoms with van der Waals surface area (Å²) in [7, 11) is 0. The minimum Gasteiger partial charge on any atom is -0.463 e. The molecule has 1 heterocycles. The molecule has 0 bridgehead atoms. The second-order valence-electron chi connectivity index (χ2n) is 4.37. The van der Waals surface area contributed by atoms with Crippen LogP contribution < -0.4 is 9.47 Å². The Labute approximate surface area is 137 Å². The summed E-state index contributed by atoms with van der Waals surface area (Å²) >= 11 is 5.87. The number of carbonyl (C=O) groups is 1. The number of ether oxygens (including phenoxy) is 3. The fraction of sp³-hybridized carbons (Fsp3) is 0.267. The number of benzene rings is 1. The van der Waals surface area contributed by atoms with Gasteiger partial charge >= 0.3 is 12.0 Å². The molecule has 0 spiro atoms. The highest BCUT2D eigenvalue weighted by Crippen LogP contribution is 2.28. The van der Waals surface area contributed by atoms with Crippen LogP contribution in [0.2, 0.25) is 5.02 Å². The first kappa shape index (κ1) is 17.0. The number of aromatic nitrogens is 2. The number of rotatable bonds is 6. The molecule has 1 aromatic carbocycles. The monoisotopic (exact) mass is 340 g/mol. The number of hydrogen-bond donors (Lipinski definition) is 0. The third-order valence-electron chi connectivity index (χ3n) is 2.62. The SMILES string of the molecule is CCOC(=O)C(C)Oc1ccnc(Oc2ccc(F)cc2Cl)n1. The smallest absolute Gasteiger partial charge is 0.347 e. The average Bonchev–Trinajstić information content (AvgIpc) is 2.51. The first-order valence-corrected chi connectivity index (χ1v) is 7.16. The quantitative estimate of drug-likeness (QED) is 0.751. The Morgan fingerprint density at radius 2 is 2.17 bits per heavy atom. The van der Waals surface area contributed by atoms with Crippen molar-refractivity contribution < 1.29 is 23.4 Å². The maximum atomic E-state index is 13.0. The number of halogens is 2. The van der Waals surface area contributed by atoms with Gasteiger partial charge in [-0.25, -0.2) is 14.2 Å². The largest absolute Gasteiger partial charge is 0.463 e. The van der Waals surface area contributed by atoms with Gasteiger partial charge in [-0.05, 0) is 32.0 Å². The van der Waals surface area contributed by atoms with E-state index in [1.165, 1.54) is 31.3 Å². The number of nitrogens with zero attached hydrogens (tertiary/aromatic N) is 2. The van der Waals surface area contributed by atoms with E-state index in [2.05, 4.69) is 9.97 Å². The molecule has 0 saturated carbocycles. The Balaban J connectivity index is 2.09. The van der Waals surface area contributed by atoms with Crippen molar-refractivity contribution in [2.75, 3.05) is 6.61 Å². The van der Waals surface area contributed by atoms with E-state index in [-0.39, 0.29) is 29.3 Å². The Morgan fingerprint density at radius 3 is 2.87 bits per heavy atom. The molecule has 1 atom stereocenters. The second-order valence-corrected chi connectivity index (χ2v) is 4.77. The lowest BCUT2D eigenvalue weighted by molar-refractivity contribution is -0.150. The van der Waals surface area contributed by atoms with Crippen molar-refractivity contribution in [1.29, 1.82) is 0 Å². The molecule has 0 aliphatic carbocycles. The van der Waals surface area contributed by atoms with Crippen molar-refractivity contribution in [1.82, 2.24) is 9.97 Å². The first-order valence-electron chi connectivity index (χ1n) is 6.79. The summed E-state index contributed by atoms with van der Waals surface area (Å²) in [4.78, 5) is 19.4. The Morgan fingerprint density at radius 1 is 1.39 bits per heavy atom. The van der Waals surface area contributed by atoms with Crippen molar-refractivity contribution >= 4 is 17.6 Å². The minimum atomic E-state index is -0.827. The summed E-state index contributed by atoms with van der Waals surface area (Å²) in [5, 5.41) is 0.0832. The molecule has 2 aromatic rings. The molecule has 8 heteroatoms. The molecular weight excluding hydrogens is 327 g/mol. The van der Waals surface area contributed by atoms with Crippen molar-refractivity contribution in [2.45, 2.75) is 20.0 Å². The predicted octanol–water partition coefficient (Wildman–Crippen LogP) is 3.39. The van der Waals surface area contributed by atoms with Crippen LogP contribution in [0.15, 0.2) is 30.5 Å². The summed E-state index contributed by atoms with van der Waals surface area (Å²) < 4.78 is 28.6. The van der Waals surface area contributed by atoms with E-state index in [0.717, 1.165) is 6.07 Å². The topological polar surface area (TPSA) is 70.5 Å². The molecule has 122 valence electrons. The maximum absolute atomic E-state index is 13.0. The van der Waals surface area contributed by atoms with E-state index in [4.69, 9.17) is 25.8 Å². The summed E-state index contributed by atoms with van der Waals surface area (Å²) in [6.45, 7) is 3.50. The summed E-state index contributed by atoms with van der Waals surface area (Å²) in [5.74, 6) is -0.656. The van der Waals surface area contributed by atoms with Crippen LogP contribution in [0, 0.1) is 5.82 Å². The van der Waals surface area contributed by atoms with Gasteiger partial charge in [0.15, 0.2) is 6.10 Å². The molecule has 0 amide bonds. The molecule has 0 aliphatic rings. The van der Waals surface area contributed by atoms with E-state index >= 15 is 0 Å². The van der Waals surface area contributed by atoms with Crippen molar-refractivity contribution in [3.05, 3.63) is 41.3 Å². The normalized spacial score (nSPS) is 11.7. The molecule has 0 saturated heterocycles. The van der Waals surface area contributed by atoms with Gasteiger partial charge in [0, 0.05) is 12.3 Å². The summed E-state index contributed by atoms with van der Waals surface area (Å²) in [6, 6.07) is 5.09. The molecule has 1 unspecified atom stereocenters.